The molecular formula is C15H13NO4. The van der Waals surface area contributed by atoms with Crippen LogP contribution in [0.25, 0.3) is 10.8 Å². The number of carbonyl (C=O) groups excluding carboxylic acids is 2. The molecule has 1 aliphatic heterocycles. The van der Waals surface area contributed by atoms with Gasteiger partial charge in [-0.2, -0.15) is 0 Å². The van der Waals surface area contributed by atoms with Gasteiger partial charge in [0.05, 0.1) is 13.2 Å². The van der Waals surface area contributed by atoms with Crippen LogP contribution in [-0.4, -0.2) is 42.1 Å². The number of aromatic hydroxyl groups is 1. The van der Waals surface area contributed by atoms with Gasteiger partial charge in [-0.25, -0.2) is 0 Å². The first-order valence-corrected chi connectivity index (χ1v) is 6.25. The number of rotatable bonds is 3. The summed E-state index contributed by atoms with van der Waals surface area (Å²) in [6, 6.07) is 8.09. The average molecular weight is 271 g/mol. The SMILES string of the molecule is COCCN1C(=O)c2cccc3c(O)ccc(c23)C1=O. The van der Waals surface area contributed by atoms with Crippen LogP contribution in [0.15, 0.2) is 30.3 Å². The van der Waals surface area contributed by atoms with E-state index in [2.05, 4.69) is 0 Å². The maximum atomic E-state index is 12.4. The highest BCUT2D eigenvalue weighted by atomic mass is 16.5. The average Bonchev–Trinajstić information content (AvgIpc) is 2.46. The molecule has 0 spiro atoms. The van der Waals surface area contributed by atoms with Crippen LogP contribution in [-0.2, 0) is 4.74 Å². The van der Waals surface area contributed by atoms with Crippen LogP contribution in [0.3, 0.4) is 0 Å². The van der Waals surface area contributed by atoms with Gasteiger partial charge in [0.1, 0.15) is 5.75 Å². The first-order valence-electron chi connectivity index (χ1n) is 6.25. The van der Waals surface area contributed by atoms with Gasteiger partial charge in [-0.3, -0.25) is 14.5 Å². The van der Waals surface area contributed by atoms with E-state index < -0.39 is 0 Å². The molecule has 20 heavy (non-hydrogen) atoms. The maximum absolute atomic E-state index is 12.4. The summed E-state index contributed by atoms with van der Waals surface area (Å²) in [5.41, 5.74) is 0.869. The number of nitrogens with zero attached hydrogens (tertiary/aromatic N) is 1. The van der Waals surface area contributed by atoms with E-state index in [1.54, 1.807) is 24.3 Å². The quantitative estimate of drug-likeness (QED) is 0.864. The van der Waals surface area contributed by atoms with Crippen LogP contribution in [0.1, 0.15) is 20.7 Å². The molecule has 1 N–H and O–H groups in total. The molecule has 0 saturated heterocycles. The Morgan fingerprint density at radius 2 is 1.80 bits per heavy atom. The molecular weight excluding hydrogens is 258 g/mol. The van der Waals surface area contributed by atoms with Gasteiger partial charge in [-0.1, -0.05) is 12.1 Å². The number of imide groups is 1. The zero-order valence-corrected chi connectivity index (χ0v) is 10.9. The molecule has 0 saturated carbocycles. The smallest absolute Gasteiger partial charge is 0.261 e. The van der Waals surface area contributed by atoms with Crippen molar-refractivity contribution in [3.05, 3.63) is 41.5 Å². The summed E-state index contributed by atoms with van der Waals surface area (Å²) in [7, 11) is 1.52. The van der Waals surface area contributed by atoms with E-state index in [0.717, 1.165) is 0 Å². The number of methoxy groups -OCH3 is 1. The van der Waals surface area contributed by atoms with E-state index in [9.17, 15) is 14.7 Å². The first-order chi connectivity index (χ1) is 9.65. The Morgan fingerprint density at radius 3 is 2.50 bits per heavy atom. The Kier molecular flexibility index (Phi) is 2.91. The van der Waals surface area contributed by atoms with Crippen molar-refractivity contribution in [2.75, 3.05) is 20.3 Å². The molecule has 5 heteroatoms. The van der Waals surface area contributed by atoms with Crippen molar-refractivity contribution < 1.29 is 19.4 Å². The summed E-state index contributed by atoms with van der Waals surface area (Å²) in [5, 5.41) is 10.9. The first kappa shape index (κ1) is 12.6. The van der Waals surface area contributed by atoms with Gasteiger partial charge in [0.25, 0.3) is 11.8 Å². The topological polar surface area (TPSA) is 66.8 Å². The van der Waals surface area contributed by atoms with E-state index in [4.69, 9.17) is 4.74 Å². The summed E-state index contributed by atoms with van der Waals surface area (Å²) >= 11 is 0. The van der Waals surface area contributed by atoms with Crippen molar-refractivity contribution in [3.63, 3.8) is 0 Å². The number of benzene rings is 2. The second-order valence-electron chi connectivity index (χ2n) is 4.62. The zero-order valence-electron chi connectivity index (χ0n) is 10.9. The van der Waals surface area contributed by atoms with Crippen LogP contribution in [0.4, 0.5) is 0 Å². The highest BCUT2D eigenvalue weighted by molar-refractivity contribution is 6.26. The number of phenols is 1. The molecule has 0 bridgehead atoms. The predicted molar refractivity (Wildman–Crippen MR) is 72.9 cm³/mol. The molecule has 2 aromatic rings. The summed E-state index contributed by atoms with van der Waals surface area (Å²) in [5.74, 6) is -0.636. The molecule has 2 amide bonds. The van der Waals surface area contributed by atoms with Crippen molar-refractivity contribution in [1.29, 1.82) is 0 Å². The molecule has 2 aromatic carbocycles. The molecule has 1 heterocycles. The van der Waals surface area contributed by atoms with Crippen molar-refractivity contribution >= 4 is 22.6 Å². The van der Waals surface area contributed by atoms with Crippen LogP contribution < -0.4 is 0 Å². The molecule has 0 atom stereocenters. The number of hydrogen-bond acceptors (Lipinski definition) is 4. The molecule has 0 unspecified atom stereocenters. The number of hydrogen-bond donors (Lipinski definition) is 1. The third-order valence-corrected chi connectivity index (χ3v) is 3.49. The normalized spacial score (nSPS) is 14.2. The van der Waals surface area contributed by atoms with Crippen molar-refractivity contribution in [1.82, 2.24) is 4.90 Å². The molecule has 1 aliphatic rings. The minimum atomic E-state index is -0.351. The fraction of sp³-hybridized carbons (Fsp3) is 0.200. The summed E-state index contributed by atoms with van der Waals surface area (Å²) < 4.78 is 4.94. The van der Waals surface area contributed by atoms with Gasteiger partial charge in [-0.15, -0.1) is 0 Å². The third kappa shape index (κ3) is 1.67. The molecule has 0 fully saturated rings. The third-order valence-electron chi connectivity index (χ3n) is 3.49. The van der Waals surface area contributed by atoms with Crippen LogP contribution in [0, 0.1) is 0 Å². The summed E-state index contributed by atoms with van der Waals surface area (Å²) in [6.45, 7) is 0.506. The summed E-state index contributed by atoms with van der Waals surface area (Å²) in [6.07, 6.45) is 0. The second-order valence-corrected chi connectivity index (χ2v) is 4.62. The predicted octanol–water partition coefficient (Wildman–Crippen LogP) is 1.79. The van der Waals surface area contributed by atoms with Crippen LogP contribution in [0.5, 0.6) is 5.75 Å². The number of amides is 2. The standard InChI is InChI=1S/C15H13NO4/c1-20-8-7-16-14(18)10-4-2-3-9-12(17)6-5-11(13(9)10)15(16)19/h2-6,17H,7-8H2,1H3. The van der Waals surface area contributed by atoms with E-state index in [1.165, 1.54) is 18.1 Å². The Labute approximate surface area is 115 Å². The van der Waals surface area contributed by atoms with E-state index >= 15 is 0 Å². The number of ether oxygens (including phenoxy) is 1. The highest BCUT2D eigenvalue weighted by Gasteiger charge is 2.32. The van der Waals surface area contributed by atoms with Gasteiger partial charge in [-0.05, 0) is 18.2 Å². The van der Waals surface area contributed by atoms with Crippen molar-refractivity contribution in [2.24, 2.45) is 0 Å². The molecule has 3 rings (SSSR count). The number of carbonyl (C=O) groups is 2. The molecule has 102 valence electrons. The van der Waals surface area contributed by atoms with Gasteiger partial charge < -0.3 is 9.84 Å². The monoisotopic (exact) mass is 271 g/mol. The van der Waals surface area contributed by atoms with Crippen LogP contribution >= 0.6 is 0 Å². The fourth-order valence-electron chi connectivity index (χ4n) is 2.52. The molecule has 0 radical (unpaired) electrons. The van der Waals surface area contributed by atoms with Gasteiger partial charge >= 0.3 is 0 Å². The van der Waals surface area contributed by atoms with Gasteiger partial charge in [0, 0.05) is 29.0 Å². The Bertz CT molecular complexity index is 701. The largest absolute Gasteiger partial charge is 0.507 e. The second kappa shape index (κ2) is 4.61. The van der Waals surface area contributed by atoms with Crippen molar-refractivity contribution in [2.45, 2.75) is 0 Å². The lowest BCUT2D eigenvalue weighted by molar-refractivity contribution is 0.0560. The van der Waals surface area contributed by atoms with Gasteiger partial charge in [0.15, 0.2) is 0 Å². The maximum Gasteiger partial charge on any atom is 0.261 e. The Morgan fingerprint density at radius 1 is 1.10 bits per heavy atom. The highest BCUT2D eigenvalue weighted by Crippen LogP contribution is 2.34. The van der Waals surface area contributed by atoms with Crippen molar-refractivity contribution in [3.8, 4) is 5.75 Å². The molecule has 0 aliphatic carbocycles. The molecule has 0 aromatic heterocycles. The minimum absolute atomic E-state index is 0.0662. The zero-order chi connectivity index (χ0) is 14.3. The Hall–Kier alpha value is -2.40. The van der Waals surface area contributed by atoms with E-state index in [0.29, 0.717) is 28.5 Å². The van der Waals surface area contributed by atoms with Gasteiger partial charge in [0.2, 0.25) is 0 Å². The number of phenolic OH excluding ortho intramolecular Hbond substituents is 1. The molecule has 5 nitrogen and oxygen atoms in total. The lowest BCUT2D eigenvalue weighted by Gasteiger charge is -2.27. The lowest BCUT2D eigenvalue weighted by atomic mass is 9.93. The summed E-state index contributed by atoms with van der Waals surface area (Å²) in [4.78, 5) is 26.0. The Balaban J connectivity index is 2.23. The fourth-order valence-corrected chi connectivity index (χ4v) is 2.52. The lowest BCUT2D eigenvalue weighted by Crippen LogP contribution is -2.42. The minimum Gasteiger partial charge on any atom is -0.507 e. The van der Waals surface area contributed by atoms with E-state index in [1.807, 2.05) is 0 Å². The van der Waals surface area contributed by atoms with E-state index in [-0.39, 0.29) is 24.1 Å². The van der Waals surface area contributed by atoms with Crippen LogP contribution in [0.2, 0.25) is 0 Å².